The van der Waals surface area contributed by atoms with E-state index in [1.807, 2.05) is 35.7 Å². The number of hydrogen-bond donors (Lipinski definition) is 3. The van der Waals surface area contributed by atoms with Crippen molar-refractivity contribution in [2.45, 2.75) is 6.54 Å². The molecule has 0 saturated heterocycles. The van der Waals surface area contributed by atoms with Crippen LogP contribution in [0.25, 0.3) is 0 Å². The second-order valence-corrected chi connectivity index (χ2v) is 6.62. The first-order valence-electron chi connectivity index (χ1n) is 8.27. The Labute approximate surface area is 161 Å². The van der Waals surface area contributed by atoms with Gasteiger partial charge in [0, 0.05) is 17.9 Å². The number of benzene rings is 2. The van der Waals surface area contributed by atoms with Gasteiger partial charge in [-0.1, -0.05) is 24.3 Å². The summed E-state index contributed by atoms with van der Waals surface area (Å²) in [5.74, 6) is 0.563. The van der Waals surface area contributed by atoms with Crippen molar-refractivity contribution >= 4 is 34.6 Å². The molecule has 7 heteroatoms. The van der Waals surface area contributed by atoms with Gasteiger partial charge >= 0.3 is 6.03 Å². The largest absolute Gasteiger partial charge is 0.497 e. The standard InChI is InChI=1S/C20H19N3O3S/c1-26-17-8-2-5-14(11-17)13-21-20(25)23-16-7-3-6-15(12-16)22-19(24)18-9-4-10-27-18/h2-12H,13H2,1H3,(H,22,24)(H2,21,23,25). The van der Waals surface area contributed by atoms with Crippen LogP contribution in [0.15, 0.2) is 66.0 Å². The third kappa shape index (κ3) is 5.32. The van der Waals surface area contributed by atoms with E-state index in [2.05, 4.69) is 16.0 Å². The molecule has 0 bridgehead atoms. The van der Waals surface area contributed by atoms with E-state index >= 15 is 0 Å². The van der Waals surface area contributed by atoms with Gasteiger partial charge in [0.25, 0.3) is 5.91 Å². The molecule has 0 spiro atoms. The minimum Gasteiger partial charge on any atom is -0.497 e. The van der Waals surface area contributed by atoms with Crippen LogP contribution in [-0.4, -0.2) is 19.0 Å². The molecular weight excluding hydrogens is 362 g/mol. The Morgan fingerprint density at radius 2 is 1.74 bits per heavy atom. The molecule has 0 aliphatic carbocycles. The van der Waals surface area contributed by atoms with Gasteiger partial charge in [0.2, 0.25) is 0 Å². The fraction of sp³-hybridized carbons (Fsp3) is 0.100. The summed E-state index contributed by atoms with van der Waals surface area (Å²) in [6.07, 6.45) is 0. The number of carbonyl (C=O) groups is 2. The number of carbonyl (C=O) groups excluding carboxylic acids is 2. The van der Waals surface area contributed by atoms with E-state index in [9.17, 15) is 9.59 Å². The number of thiophene rings is 1. The Bertz CT molecular complexity index is 926. The molecule has 0 fully saturated rings. The summed E-state index contributed by atoms with van der Waals surface area (Å²) < 4.78 is 5.17. The van der Waals surface area contributed by atoms with E-state index < -0.39 is 0 Å². The maximum Gasteiger partial charge on any atom is 0.319 e. The van der Waals surface area contributed by atoms with Gasteiger partial charge in [0.1, 0.15) is 5.75 Å². The third-order valence-corrected chi connectivity index (χ3v) is 4.58. The lowest BCUT2D eigenvalue weighted by molar-refractivity contribution is 0.103. The number of rotatable bonds is 6. The topological polar surface area (TPSA) is 79.5 Å². The van der Waals surface area contributed by atoms with Crippen LogP contribution in [0.5, 0.6) is 5.75 Å². The molecule has 3 aromatic rings. The number of amides is 3. The van der Waals surface area contributed by atoms with E-state index in [0.717, 1.165) is 11.3 Å². The molecule has 0 atom stereocenters. The first-order valence-corrected chi connectivity index (χ1v) is 9.15. The van der Waals surface area contributed by atoms with Gasteiger partial charge in [0.15, 0.2) is 0 Å². The SMILES string of the molecule is COc1cccc(CNC(=O)Nc2cccc(NC(=O)c3cccs3)c2)c1. The zero-order valence-electron chi connectivity index (χ0n) is 14.7. The van der Waals surface area contributed by atoms with Gasteiger partial charge in [-0.3, -0.25) is 4.79 Å². The smallest absolute Gasteiger partial charge is 0.319 e. The Kier molecular flexibility index (Phi) is 6.06. The molecule has 0 radical (unpaired) electrons. The van der Waals surface area contributed by atoms with E-state index in [-0.39, 0.29) is 11.9 Å². The predicted octanol–water partition coefficient (Wildman–Crippen LogP) is 4.33. The van der Waals surface area contributed by atoms with E-state index in [1.54, 1.807) is 37.4 Å². The molecule has 3 amide bonds. The lowest BCUT2D eigenvalue weighted by atomic mass is 10.2. The molecule has 2 aromatic carbocycles. The zero-order valence-corrected chi connectivity index (χ0v) is 15.5. The molecule has 0 unspecified atom stereocenters. The predicted molar refractivity (Wildman–Crippen MR) is 108 cm³/mol. The number of ether oxygens (including phenoxy) is 1. The van der Waals surface area contributed by atoms with Crippen LogP contribution in [0.2, 0.25) is 0 Å². The van der Waals surface area contributed by atoms with Gasteiger partial charge in [-0.05, 0) is 47.3 Å². The molecule has 27 heavy (non-hydrogen) atoms. The second-order valence-electron chi connectivity index (χ2n) is 5.67. The molecule has 138 valence electrons. The van der Waals surface area contributed by atoms with Crippen molar-refractivity contribution in [3.63, 3.8) is 0 Å². The number of methoxy groups -OCH3 is 1. The first-order chi connectivity index (χ1) is 13.1. The minimum atomic E-state index is -0.334. The molecule has 0 saturated carbocycles. The van der Waals surface area contributed by atoms with Crippen LogP contribution in [0.4, 0.5) is 16.2 Å². The normalized spacial score (nSPS) is 10.1. The fourth-order valence-corrected chi connectivity index (χ4v) is 3.03. The summed E-state index contributed by atoms with van der Waals surface area (Å²) >= 11 is 1.37. The highest BCUT2D eigenvalue weighted by Crippen LogP contribution is 2.18. The summed E-state index contributed by atoms with van der Waals surface area (Å²) in [7, 11) is 1.60. The van der Waals surface area contributed by atoms with Gasteiger partial charge in [-0.2, -0.15) is 0 Å². The summed E-state index contributed by atoms with van der Waals surface area (Å²) in [5.41, 5.74) is 2.13. The average molecular weight is 381 g/mol. The molecule has 6 nitrogen and oxygen atoms in total. The average Bonchev–Trinajstić information content (AvgIpc) is 3.22. The maximum absolute atomic E-state index is 12.1. The van der Waals surface area contributed by atoms with Crippen molar-refractivity contribution in [1.29, 1.82) is 0 Å². The van der Waals surface area contributed by atoms with Crippen LogP contribution in [0.1, 0.15) is 15.2 Å². The maximum atomic E-state index is 12.1. The van der Waals surface area contributed by atoms with Gasteiger partial charge in [-0.15, -0.1) is 11.3 Å². The van der Waals surface area contributed by atoms with E-state index in [0.29, 0.717) is 22.8 Å². The molecule has 1 aromatic heterocycles. The van der Waals surface area contributed by atoms with Crippen LogP contribution in [0.3, 0.4) is 0 Å². The Balaban J connectivity index is 1.55. The fourth-order valence-electron chi connectivity index (χ4n) is 2.42. The Morgan fingerprint density at radius 1 is 0.963 bits per heavy atom. The van der Waals surface area contributed by atoms with Gasteiger partial charge < -0.3 is 20.7 Å². The number of nitrogens with one attached hydrogen (secondary N) is 3. The van der Waals surface area contributed by atoms with Crippen LogP contribution >= 0.6 is 11.3 Å². The van der Waals surface area contributed by atoms with E-state index in [1.165, 1.54) is 11.3 Å². The summed E-state index contributed by atoms with van der Waals surface area (Å²) in [5, 5.41) is 10.2. The van der Waals surface area contributed by atoms with Crippen LogP contribution in [0, 0.1) is 0 Å². The summed E-state index contributed by atoms with van der Waals surface area (Å²) in [6, 6.07) is 17.7. The highest BCUT2D eigenvalue weighted by Gasteiger charge is 2.08. The van der Waals surface area contributed by atoms with Crippen molar-refractivity contribution in [3.05, 3.63) is 76.5 Å². The van der Waals surface area contributed by atoms with Crippen molar-refractivity contribution < 1.29 is 14.3 Å². The van der Waals surface area contributed by atoms with Gasteiger partial charge in [-0.25, -0.2) is 4.79 Å². The second kappa shape index (κ2) is 8.86. The first kappa shape index (κ1) is 18.5. The highest BCUT2D eigenvalue weighted by atomic mass is 32.1. The molecule has 1 heterocycles. The zero-order chi connectivity index (χ0) is 19.1. The monoisotopic (exact) mass is 381 g/mol. The lowest BCUT2D eigenvalue weighted by Crippen LogP contribution is -2.28. The van der Waals surface area contributed by atoms with Gasteiger partial charge in [0.05, 0.1) is 12.0 Å². The molecule has 0 aliphatic heterocycles. The number of urea groups is 1. The highest BCUT2D eigenvalue weighted by molar-refractivity contribution is 7.12. The van der Waals surface area contributed by atoms with Crippen molar-refractivity contribution in [2.24, 2.45) is 0 Å². The summed E-state index contributed by atoms with van der Waals surface area (Å²) in [4.78, 5) is 24.9. The molecular formula is C20H19N3O3S. The third-order valence-electron chi connectivity index (χ3n) is 3.71. The number of hydrogen-bond acceptors (Lipinski definition) is 4. The number of anilines is 2. The molecule has 3 rings (SSSR count). The van der Waals surface area contributed by atoms with Crippen LogP contribution < -0.4 is 20.7 Å². The Morgan fingerprint density at radius 3 is 2.48 bits per heavy atom. The van der Waals surface area contributed by atoms with Crippen molar-refractivity contribution in [1.82, 2.24) is 5.32 Å². The van der Waals surface area contributed by atoms with Crippen molar-refractivity contribution in [2.75, 3.05) is 17.7 Å². The minimum absolute atomic E-state index is 0.176. The van der Waals surface area contributed by atoms with Crippen LogP contribution in [-0.2, 0) is 6.54 Å². The van der Waals surface area contributed by atoms with E-state index in [4.69, 9.17) is 4.74 Å². The molecule has 0 aliphatic rings. The molecule has 3 N–H and O–H groups in total. The quantitative estimate of drug-likeness (QED) is 0.595. The lowest BCUT2D eigenvalue weighted by Gasteiger charge is -2.10. The van der Waals surface area contributed by atoms with Crippen molar-refractivity contribution in [3.8, 4) is 5.75 Å². The summed E-state index contributed by atoms with van der Waals surface area (Å²) in [6.45, 7) is 0.373. The Hall–Kier alpha value is -3.32.